The number of amides is 3. The van der Waals surface area contributed by atoms with Crippen molar-refractivity contribution >= 4 is 81.2 Å². The minimum Gasteiger partial charge on any atom is -0.481 e. The molecule has 4 heterocycles. The Labute approximate surface area is 232 Å². The Balaban J connectivity index is 1.42. The van der Waals surface area contributed by atoms with Crippen LogP contribution in [0.5, 0.6) is 0 Å². The van der Waals surface area contributed by atoms with Gasteiger partial charge in [0, 0.05) is 30.0 Å². The number of carbonyl (C=O) groups excluding carboxylic acids is 3. The molecule has 2 aromatic rings. The van der Waals surface area contributed by atoms with Crippen molar-refractivity contribution in [1.29, 1.82) is 0 Å². The van der Waals surface area contributed by atoms with Crippen LogP contribution < -0.4 is 10.6 Å². The first-order valence-corrected chi connectivity index (χ1v) is 15.0. The number of β-lactam (4-membered cyclic amide) rings is 1. The summed E-state index contributed by atoms with van der Waals surface area (Å²) in [5.41, 5.74) is 0.399. The van der Waals surface area contributed by atoms with Gasteiger partial charge in [0.1, 0.15) is 34.6 Å². The molecule has 2 aromatic heterocycles. The Morgan fingerprint density at radius 3 is 2.95 bits per heavy atom. The van der Waals surface area contributed by atoms with Gasteiger partial charge < -0.3 is 30.2 Å². The lowest BCUT2D eigenvalue weighted by molar-refractivity contribution is -0.157. The Morgan fingerprint density at radius 2 is 2.24 bits per heavy atom. The lowest BCUT2D eigenvalue weighted by Gasteiger charge is -2.53. The monoisotopic (exact) mass is 601 g/mol. The number of aromatic nitrogens is 3. The lowest BCUT2D eigenvalue weighted by atomic mass is 9.89. The minimum absolute atomic E-state index is 0.0192. The summed E-state index contributed by atoms with van der Waals surface area (Å²) in [6.07, 6.45) is 0.462. The first kappa shape index (κ1) is 28.2. The molecule has 2 fully saturated rings. The SMILES string of the molecule is CCOCCON=C(C(=O)NC1C(=O)N2CC(CSc3nncs3)(C(=O)O)CS[C@H]12)c1csc(NC=O)n1. The number of oxime groups is 1. The highest BCUT2D eigenvalue weighted by Crippen LogP contribution is 2.44. The van der Waals surface area contributed by atoms with Gasteiger partial charge in [0.2, 0.25) is 12.3 Å². The topological polar surface area (TPSA) is 185 Å². The zero-order chi connectivity index (χ0) is 27.1. The predicted octanol–water partition coefficient (Wildman–Crippen LogP) is 0.583. The molecule has 3 atom stereocenters. The molecule has 14 nitrogen and oxygen atoms in total. The number of anilines is 1. The summed E-state index contributed by atoms with van der Waals surface area (Å²) in [5, 5.41) is 28.0. The third-order valence-electron chi connectivity index (χ3n) is 5.52. The molecule has 3 amide bonds. The minimum atomic E-state index is -1.16. The molecule has 2 aliphatic rings. The predicted molar refractivity (Wildman–Crippen MR) is 141 cm³/mol. The van der Waals surface area contributed by atoms with Crippen LogP contribution >= 0.6 is 46.2 Å². The Kier molecular flexibility index (Phi) is 9.53. The van der Waals surface area contributed by atoms with Gasteiger partial charge >= 0.3 is 5.97 Å². The molecule has 2 unspecified atom stereocenters. The molecule has 18 heteroatoms. The zero-order valence-corrected chi connectivity index (χ0v) is 23.2. The van der Waals surface area contributed by atoms with Gasteiger partial charge in [0.05, 0.1) is 6.61 Å². The molecule has 3 N–H and O–H groups in total. The number of ether oxygens (including phenoxy) is 1. The van der Waals surface area contributed by atoms with Gasteiger partial charge in [-0.05, 0) is 6.92 Å². The maximum atomic E-state index is 13.2. The Morgan fingerprint density at radius 1 is 1.39 bits per heavy atom. The molecule has 0 aromatic carbocycles. The molecule has 0 spiro atoms. The summed E-state index contributed by atoms with van der Waals surface area (Å²) in [6, 6.07) is -0.866. The van der Waals surface area contributed by atoms with Crippen LogP contribution in [0.15, 0.2) is 20.4 Å². The van der Waals surface area contributed by atoms with Crippen molar-refractivity contribution in [3.05, 3.63) is 16.6 Å². The van der Waals surface area contributed by atoms with Crippen molar-refractivity contribution in [3.8, 4) is 0 Å². The molecular formula is C20H23N7O7S4. The Hall–Kier alpha value is -2.80. The van der Waals surface area contributed by atoms with E-state index in [-0.39, 0.29) is 53.7 Å². The fourth-order valence-electron chi connectivity index (χ4n) is 3.60. The standard InChI is InChI=1S/C20H23N7O7S4/c1-2-33-3-4-34-26-12(11-5-35-18(23-11)21-9-28)14(29)24-13-15(30)27-6-20(17(31)32,7-36-16(13)27)8-37-19-25-22-10-38-19/h5,9-10,13,16H,2-4,6-8H2,1H3,(H,24,29)(H,31,32)(H,21,23,28)/t13?,16-,20?/m1/s1. The summed E-state index contributed by atoms with van der Waals surface area (Å²) in [5.74, 6) is -1.59. The van der Waals surface area contributed by atoms with E-state index in [0.717, 1.165) is 11.3 Å². The number of thiazole rings is 1. The van der Waals surface area contributed by atoms with Gasteiger partial charge in [-0.3, -0.25) is 19.2 Å². The maximum absolute atomic E-state index is 13.2. The van der Waals surface area contributed by atoms with Crippen LogP contribution in [0.2, 0.25) is 0 Å². The normalized spacial score (nSPS) is 22.8. The zero-order valence-electron chi connectivity index (χ0n) is 19.9. The summed E-state index contributed by atoms with van der Waals surface area (Å²) in [6.45, 7) is 2.71. The molecule has 38 heavy (non-hydrogen) atoms. The van der Waals surface area contributed by atoms with Gasteiger partial charge in [0.25, 0.3) is 5.91 Å². The number of aliphatic carboxylic acids is 1. The second-order valence-corrected chi connectivity index (χ2v) is 12.0. The summed E-state index contributed by atoms with van der Waals surface area (Å²) in [4.78, 5) is 59.9. The van der Waals surface area contributed by atoms with Gasteiger partial charge in [-0.15, -0.1) is 33.3 Å². The number of rotatable bonds is 14. The highest BCUT2D eigenvalue weighted by Gasteiger charge is 2.57. The molecule has 2 saturated heterocycles. The van der Waals surface area contributed by atoms with Crippen molar-refractivity contribution in [3.63, 3.8) is 0 Å². The smallest absolute Gasteiger partial charge is 0.313 e. The third kappa shape index (κ3) is 6.25. The number of carbonyl (C=O) groups is 4. The van der Waals surface area contributed by atoms with E-state index in [1.807, 2.05) is 6.92 Å². The van der Waals surface area contributed by atoms with E-state index in [9.17, 15) is 24.3 Å². The second kappa shape index (κ2) is 12.8. The maximum Gasteiger partial charge on any atom is 0.313 e. The number of carboxylic acid groups (broad SMARTS) is 1. The number of nitrogens with one attached hydrogen (secondary N) is 2. The van der Waals surface area contributed by atoms with Crippen LogP contribution in [0.4, 0.5) is 5.13 Å². The number of hydrogen-bond acceptors (Lipinski definition) is 14. The first-order valence-electron chi connectivity index (χ1n) is 11.2. The highest BCUT2D eigenvalue weighted by molar-refractivity contribution is 8.01. The average Bonchev–Trinajstić information content (AvgIpc) is 3.60. The molecular weight excluding hydrogens is 579 g/mol. The average molecular weight is 602 g/mol. The fraction of sp³-hybridized carbons (Fsp3) is 0.500. The van der Waals surface area contributed by atoms with Crippen LogP contribution in [0.1, 0.15) is 12.6 Å². The summed E-state index contributed by atoms with van der Waals surface area (Å²) >= 11 is 5.00. The van der Waals surface area contributed by atoms with Crippen molar-refractivity contribution in [2.75, 3.05) is 43.2 Å². The summed E-state index contributed by atoms with van der Waals surface area (Å²) < 4.78 is 5.85. The molecule has 2 aliphatic heterocycles. The van der Waals surface area contributed by atoms with E-state index in [0.29, 0.717) is 17.4 Å². The number of nitrogens with zero attached hydrogens (tertiary/aromatic N) is 5. The molecule has 0 aliphatic carbocycles. The molecule has 4 rings (SSSR count). The van der Waals surface area contributed by atoms with E-state index in [1.165, 1.54) is 45.1 Å². The third-order valence-corrected chi connectivity index (χ3v) is 10.0. The largest absolute Gasteiger partial charge is 0.481 e. The Bertz CT molecular complexity index is 1190. The molecule has 0 radical (unpaired) electrons. The van der Waals surface area contributed by atoms with Crippen LogP contribution in [0, 0.1) is 5.41 Å². The number of hydrogen-bond donors (Lipinski definition) is 3. The highest BCUT2D eigenvalue weighted by atomic mass is 32.2. The van der Waals surface area contributed by atoms with E-state index < -0.39 is 28.7 Å². The van der Waals surface area contributed by atoms with Crippen LogP contribution in [0.25, 0.3) is 0 Å². The number of carboxylic acids is 1. The van der Waals surface area contributed by atoms with E-state index in [2.05, 4.69) is 31.0 Å². The van der Waals surface area contributed by atoms with E-state index in [1.54, 1.807) is 5.51 Å². The van der Waals surface area contributed by atoms with Crippen LogP contribution in [0.3, 0.4) is 0 Å². The molecule has 0 bridgehead atoms. The van der Waals surface area contributed by atoms with Gasteiger partial charge in [-0.2, -0.15) is 0 Å². The number of fused-ring (bicyclic) bond motifs is 1. The van der Waals surface area contributed by atoms with E-state index >= 15 is 0 Å². The second-order valence-electron chi connectivity index (χ2n) is 7.97. The van der Waals surface area contributed by atoms with Crippen LogP contribution in [-0.2, 0) is 28.8 Å². The lowest BCUT2D eigenvalue weighted by Crippen LogP contribution is -2.74. The van der Waals surface area contributed by atoms with Crippen molar-refractivity contribution in [2.24, 2.45) is 10.6 Å². The summed E-state index contributed by atoms with van der Waals surface area (Å²) in [7, 11) is 0. The van der Waals surface area contributed by atoms with Crippen LogP contribution in [-0.4, -0.2) is 104 Å². The van der Waals surface area contributed by atoms with Crippen molar-refractivity contribution in [1.82, 2.24) is 25.4 Å². The molecule has 204 valence electrons. The number of thioether (sulfide) groups is 2. The van der Waals surface area contributed by atoms with Gasteiger partial charge in [-0.25, -0.2) is 4.98 Å². The quantitative estimate of drug-likeness (QED) is 0.0684. The molecule has 0 saturated carbocycles. The van der Waals surface area contributed by atoms with Gasteiger partial charge in [-0.1, -0.05) is 28.3 Å². The van der Waals surface area contributed by atoms with Gasteiger partial charge in [0.15, 0.2) is 15.2 Å². The van der Waals surface area contributed by atoms with Crippen molar-refractivity contribution < 1.29 is 33.9 Å². The van der Waals surface area contributed by atoms with Crippen molar-refractivity contribution in [2.45, 2.75) is 22.7 Å². The van der Waals surface area contributed by atoms with E-state index in [4.69, 9.17) is 9.57 Å². The first-order chi connectivity index (χ1) is 18.4. The fourth-order valence-corrected chi connectivity index (χ4v) is 7.60.